The molecule has 1 N–H and O–H groups in total. The fourth-order valence-electron chi connectivity index (χ4n) is 2.24. The summed E-state index contributed by atoms with van der Waals surface area (Å²) < 4.78 is 0.427. The summed E-state index contributed by atoms with van der Waals surface area (Å²) >= 11 is 3.22. The lowest BCUT2D eigenvalue weighted by Gasteiger charge is -2.32. The fourth-order valence-corrected chi connectivity index (χ4v) is 2.80. The monoisotopic (exact) mass is 329 g/mol. The van der Waals surface area contributed by atoms with Gasteiger partial charge in [0.25, 0.3) is 5.69 Å². The van der Waals surface area contributed by atoms with E-state index in [1.165, 1.54) is 6.07 Å². The average molecular weight is 330 g/mol. The number of hydrogen-bond acceptors (Lipinski definition) is 5. The molecular weight excluding hydrogens is 318 g/mol. The molecular formula is C11H12BrN3O4. The van der Waals surface area contributed by atoms with Gasteiger partial charge in [0.05, 0.1) is 9.40 Å². The van der Waals surface area contributed by atoms with Crippen molar-refractivity contribution in [3.63, 3.8) is 0 Å². The van der Waals surface area contributed by atoms with Gasteiger partial charge in [-0.25, -0.2) is 9.78 Å². The quantitative estimate of drug-likeness (QED) is 0.674. The molecule has 2 rings (SSSR count). The minimum absolute atomic E-state index is 0.133. The molecule has 1 saturated heterocycles. The first-order valence-corrected chi connectivity index (χ1v) is 6.46. The molecule has 1 aromatic rings. The molecule has 1 fully saturated rings. The number of carbonyl (C=O) groups is 1. The maximum Gasteiger partial charge on any atom is 0.329 e. The summed E-state index contributed by atoms with van der Waals surface area (Å²) in [5.74, 6) is -0.495. The van der Waals surface area contributed by atoms with Gasteiger partial charge in [-0.2, -0.15) is 0 Å². The van der Waals surface area contributed by atoms with Gasteiger partial charge in [0.15, 0.2) is 0 Å². The molecule has 1 atom stereocenters. The summed E-state index contributed by atoms with van der Waals surface area (Å²) in [6.07, 6.45) is 2.40. The molecule has 0 spiro atoms. The number of nitro groups is 1. The topological polar surface area (TPSA) is 96.6 Å². The second kappa shape index (κ2) is 4.76. The highest BCUT2D eigenvalue weighted by Crippen LogP contribution is 2.37. The maximum atomic E-state index is 11.4. The number of pyridine rings is 1. The third-order valence-electron chi connectivity index (χ3n) is 3.38. The van der Waals surface area contributed by atoms with Crippen LogP contribution in [0, 0.1) is 10.1 Å². The van der Waals surface area contributed by atoms with Crippen LogP contribution < -0.4 is 4.90 Å². The predicted octanol–water partition coefficient (Wildman–Crippen LogP) is 2.20. The molecule has 8 heteroatoms. The zero-order chi connectivity index (χ0) is 14.2. The number of hydrogen-bond donors (Lipinski definition) is 1. The van der Waals surface area contributed by atoms with Crippen LogP contribution in [-0.4, -0.2) is 33.1 Å². The summed E-state index contributed by atoms with van der Waals surface area (Å²) in [5, 5.41) is 20.0. The van der Waals surface area contributed by atoms with E-state index in [9.17, 15) is 20.0 Å². The van der Waals surface area contributed by atoms with Crippen LogP contribution in [0.25, 0.3) is 0 Å². The van der Waals surface area contributed by atoms with Crippen LogP contribution in [0.2, 0.25) is 0 Å². The molecule has 0 radical (unpaired) electrons. The third-order valence-corrected chi connectivity index (χ3v) is 3.96. The van der Waals surface area contributed by atoms with E-state index < -0.39 is 16.4 Å². The predicted molar refractivity (Wildman–Crippen MR) is 71.2 cm³/mol. The van der Waals surface area contributed by atoms with Crippen molar-refractivity contribution in [3.05, 3.63) is 26.9 Å². The number of carboxylic acids is 1. The van der Waals surface area contributed by atoms with Gasteiger partial charge in [0, 0.05) is 12.6 Å². The highest BCUT2D eigenvalue weighted by atomic mass is 79.9. The molecule has 19 heavy (non-hydrogen) atoms. The van der Waals surface area contributed by atoms with Gasteiger partial charge in [0.2, 0.25) is 0 Å². The maximum absolute atomic E-state index is 11.4. The van der Waals surface area contributed by atoms with Gasteiger partial charge in [-0.1, -0.05) is 0 Å². The average Bonchev–Trinajstić information content (AvgIpc) is 2.72. The molecule has 102 valence electrons. The Labute approximate surface area is 117 Å². The van der Waals surface area contributed by atoms with Crippen LogP contribution in [0.4, 0.5) is 11.5 Å². The third kappa shape index (κ3) is 2.27. The standard InChI is InChI=1S/C11H12BrN3O4/c1-11(10(16)17)3-2-4-14(11)9-8(12)5-7(6-13-9)15(18)19/h5-6H,2-4H2,1H3,(H,16,17). The number of carboxylic acid groups (broad SMARTS) is 1. The van der Waals surface area contributed by atoms with Gasteiger partial charge < -0.3 is 10.0 Å². The Hall–Kier alpha value is -1.70. The lowest BCUT2D eigenvalue weighted by molar-refractivity contribution is -0.385. The molecule has 0 aromatic carbocycles. The van der Waals surface area contributed by atoms with Crippen LogP contribution in [0.15, 0.2) is 16.7 Å². The van der Waals surface area contributed by atoms with Crippen molar-refractivity contribution in [2.75, 3.05) is 11.4 Å². The zero-order valence-electron chi connectivity index (χ0n) is 10.2. The zero-order valence-corrected chi connectivity index (χ0v) is 11.8. The highest BCUT2D eigenvalue weighted by Gasteiger charge is 2.44. The van der Waals surface area contributed by atoms with Gasteiger partial charge in [-0.3, -0.25) is 10.1 Å². The van der Waals surface area contributed by atoms with E-state index in [2.05, 4.69) is 20.9 Å². The van der Waals surface area contributed by atoms with Crippen LogP contribution >= 0.6 is 15.9 Å². The number of rotatable bonds is 3. The van der Waals surface area contributed by atoms with Crippen molar-refractivity contribution >= 4 is 33.4 Å². The molecule has 2 heterocycles. The number of aliphatic carboxylic acids is 1. The first-order chi connectivity index (χ1) is 8.86. The minimum atomic E-state index is -1.02. The van der Waals surface area contributed by atoms with Crippen LogP contribution in [-0.2, 0) is 4.79 Å². The summed E-state index contributed by atoms with van der Waals surface area (Å²) in [6.45, 7) is 2.20. The normalized spacial score (nSPS) is 22.5. The van der Waals surface area contributed by atoms with Crippen molar-refractivity contribution in [3.8, 4) is 0 Å². The van der Waals surface area contributed by atoms with Crippen molar-refractivity contribution in [2.45, 2.75) is 25.3 Å². The van der Waals surface area contributed by atoms with E-state index in [0.717, 1.165) is 12.6 Å². The van der Waals surface area contributed by atoms with E-state index in [-0.39, 0.29) is 5.69 Å². The summed E-state index contributed by atoms with van der Waals surface area (Å²) in [5.41, 5.74) is -1.15. The van der Waals surface area contributed by atoms with E-state index in [1.807, 2.05) is 0 Å². The number of halogens is 1. The Balaban J connectivity index is 2.42. The molecule has 7 nitrogen and oxygen atoms in total. The SMILES string of the molecule is CC1(C(=O)O)CCCN1c1ncc([N+](=O)[O-])cc1Br. The minimum Gasteiger partial charge on any atom is -0.480 e. The molecule has 0 saturated carbocycles. The van der Waals surface area contributed by atoms with Crippen molar-refractivity contribution in [1.29, 1.82) is 0 Å². The van der Waals surface area contributed by atoms with Gasteiger partial charge in [-0.05, 0) is 35.7 Å². The molecule has 0 bridgehead atoms. The molecule has 1 unspecified atom stereocenters. The van der Waals surface area contributed by atoms with Crippen LogP contribution in [0.5, 0.6) is 0 Å². The fraction of sp³-hybridized carbons (Fsp3) is 0.455. The van der Waals surface area contributed by atoms with Gasteiger partial charge in [-0.15, -0.1) is 0 Å². The number of nitrogens with zero attached hydrogens (tertiary/aromatic N) is 3. The van der Waals surface area contributed by atoms with Crippen LogP contribution in [0.1, 0.15) is 19.8 Å². The highest BCUT2D eigenvalue weighted by molar-refractivity contribution is 9.10. The lowest BCUT2D eigenvalue weighted by Crippen LogP contribution is -2.48. The van der Waals surface area contributed by atoms with E-state index in [0.29, 0.717) is 23.3 Å². The van der Waals surface area contributed by atoms with Gasteiger partial charge in [0.1, 0.15) is 17.6 Å². The Kier molecular flexibility index (Phi) is 3.44. The first-order valence-electron chi connectivity index (χ1n) is 5.67. The van der Waals surface area contributed by atoms with Crippen LogP contribution in [0.3, 0.4) is 0 Å². The number of anilines is 1. The molecule has 1 aliphatic rings. The summed E-state index contributed by atoms with van der Waals surface area (Å²) in [7, 11) is 0. The summed E-state index contributed by atoms with van der Waals surface area (Å²) in [6, 6.07) is 1.34. The Bertz CT molecular complexity index is 551. The Morgan fingerprint density at radius 2 is 2.37 bits per heavy atom. The number of aromatic nitrogens is 1. The molecule has 1 aliphatic heterocycles. The summed E-state index contributed by atoms with van der Waals surface area (Å²) in [4.78, 5) is 27.2. The molecule has 0 amide bonds. The second-order valence-electron chi connectivity index (χ2n) is 4.59. The first kappa shape index (κ1) is 13.7. The van der Waals surface area contributed by atoms with Crippen molar-refractivity contribution < 1.29 is 14.8 Å². The van der Waals surface area contributed by atoms with Gasteiger partial charge >= 0.3 is 5.97 Å². The largest absolute Gasteiger partial charge is 0.480 e. The smallest absolute Gasteiger partial charge is 0.329 e. The van der Waals surface area contributed by atoms with Crippen molar-refractivity contribution in [1.82, 2.24) is 4.98 Å². The van der Waals surface area contributed by atoms with E-state index >= 15 is 0 Å². The van der Waals surface area contributed by atoms with Crippen molar-refractivity contribution in [2.24, 2.45) is 0 Å². The molecule has 0 aliphatic carbocycles. The van der Waals surface area contributed by atoms with E-state index in [1.54, 1.807) is 11.8 Å². The lowest BCUT2D eigenvalue weighted by atomic mass is 9.99. The second-order valence-corrected chi connectivity index (χ2v) is 5.44. The Morgan fingerprint density at radius 3 is 2.89 bits per heavy atom. The Morgan fingerprint density at radius 1 is 1.68 bits per heavy atom. The molecule has 1 aromatic heterocycles. The van der Waals surface area contributed by atoms with E-state index in [4.69, 9.17) is 0 Å².